The highest BCUT2D eigenvalue weighted by molar-refractivity contribution is 5.69. The molecule has 2 heteroatoms. The van der Waals surface area contributed by atoms with Gasteiger partial charge in [-0.2, -0.15) is 0 Å². The molecule has 0 saturated carbocycles. The average molecular weight is 327 g/mol. The van der Waals surface area contributed by atoms with E-state index in [0.29, 0.717) is 6.42 Å². The highest BCUT2D eigenvalue weighted by Gasteiger charge is 2.15. The molecule has 0 aliphatic rings. The molecule has 0 saturated heterocycles. The summed E-state index contributed by atoms with van der Waals surface area (Å²) in [4.78, 5) is 11.6. The monoisotopic (exact) mass is 326 g/mol. The molecular formula is C21H42O2. The van der Waals surface area contributed by atoms with Gasteiger partial charge in [0, 0.05) is 6.42 Å². The maximum absolute atomic E-state index is 11.6. The van der Waals surface area contributed by atoms with Crippen LogP contribution < -0.4 is 0 Å². The van der Waals surface area contributed by atoms with Gasteiger partial charge in [-0.3, -0.25) is 4.79 Å². The zero-order valence-electron chi connectivity index (χ0n) is 16.4. The molecule has 138 valence electrons. The lowest BCUT2D eigenvalue weighted by Crippen LogP contribution is -2.23. The van der Waals surface area contributed by atoms with Gasteiger partial charge in [0.2, 0.25) is 0 Å². The quantitative estimate of drug-likeness (QED) is 0.235. The summed E-state index contributed by atoms with van der Waals surface area (Å²) in [6, 6.07) is 0. The predicted octanol–water partition coefficient (Wildman–Crippen LogP) is 7.20. The third-order valence-corrected chi connectivity index (χ3v) is 4.15. The molecule has 0 fully saturated rings. The molecule has 0 bridgehead atoms. The molecule has 0 aromatic carbocycles. The van der Waals surface area contributed by atoms with Crippen molar-refractivity contribution in [3.8, 4) is 0 Å². The lowest BCUT2D eigenvalue weighted by molar-refractivity contribution is -0.154. The molecule has 0 amide bonds. The maximum Gasteiger partial charge on any atom is 0.306 e. The van der Waals surface area contributed by atoms with E-state index < -0.39 is 0 Å². The maximum atomic E-state index is 11.6. The molecule has 0 aliphatic carbocycles. The molecule has 0 atom stereocenters. The Labute approximate surface area is 145 Å². The zero-order valence-corrected chi connectivity index (χ0v) is 16.4. The normalized spacial score (nSPS) is 11.7. The number of carbonyl (C=O) groups is 1. The first-order valence-corrected chi connectivity index (χ1v) is 10.2. The Morgan fingerprint density at radius 1 is 0.652 bits per heavy atom. The Morgan fingerprint density at radius 2 is 1.00 bits per heavy atom. The van der Waals surface area contributed by atoms with Crippen LogP contribution in [0.2, 0.25) is 0 Å². The first kappa shape index (κ1) is 22.5. The van der Waals surface area contributed by atoms with Gasteiger partial charge in [0.15, 0.2) is 0 Å². The third kappa shape index (κ3) is 19.4. The van der Waals surface area contributed by atoms with E-state index in [1.807, 2.05) is 20.8 Å². The Balaban J connectivity index is 3.15. The molecule has 0 aromatic heterocycles. The number of esters is 1. The van der Waals surface area contributed by atoms with Gasteiger partial charge in [0.1, 0.15) is 5.60 Å². The van der Waals surface area contributed by atoms with Gasteiger partial charge >= 0.3 is 5.97 Å². The largest absolute Gasteiger partial charge is 0.460 e. The number of unbranched alkanes of at least 4 members (excludes halogenated alkanes) is 13. The SMILES string of the molecule is CCCCCCCCCCCCCCCCC(=O)OC(C)(C)C. The Hall–Kier alpha value is -0.530. The van der Waals surface area contributed by atoms with Crippen molar-refractivity contribution in [3.63, 3.8) is 0 Å². The van der Waals surface area contributed by atoms with Crippen molar-refractivity contribution in [2.45, 2.75) is 130 Å². The Morgan fingerprint density at radius 3 is 1.35 bits per heavy atom. The van der Waals surface area contributed by atoms with E-state index in [4.69, 9.17) is 4.74 Å². The topological polar surface area (TPSA) is 26.3 Å². The second-order valence-electron chi connectivity index (χ2n) is 7.93. The van der Waals surface area contributed by atoms with Crippen molar-refractivity contribution in [3.05, 3.63) is 0 Å². The van der Waals surface area contributed by atoms with Crippen LogP contribution in [0, 0.1) is 0 Å². The van der Waals surface area contributed by atoms with Crippen LogP contribution in [0.3, 0.4) is 0 Å². The molecule has 0 aromatic rings. The van der Waals surface area contributed by atoms with Gasteiger partial charge in [0.25, 0.3) is 0 Å². The fourth-order valence-corrected chi connectivity index (χ4v) is 2.86. The van der Waals surface area contributed by atoms with E-state index in [0.717, 1.165) is 12.8 Å². The molecule has 2 nitrogen and oxygen atoms in total. The first-order chi connectivity index (χ1) is 11.0. The highest BCUT2D eigenvalue weighted by atomic mass is 16.6. The van der Waals surface area contributed by atoms with Crippen molar-refractivity contribution in [1.29, 1.82) is 0 Å². The summed E-state index contributed by atoms with van der Waals surface area (Å²) in [5, 5.41) is 0. The van der Waals surface area contributed by atoms with Crippen LogP contribution in [0.5, 0.6) is 0 Å². The van der Waals surface area contributed by atoms with Gasteiger partial charge in [-0.1, -0.05) is 90.4 Å². The Bertz CT molecular complexity index is 266. The van der Waals surface area contributed by atoms with E-state index in [-0.39, 0.29) is 11.6 Å². The highest BCUT2D eigenvalue weighted by Crippen LogP contribution is 2.14. The average Bonchev–Trinajstić information content (AvgIpc) is 2.46. The summed E-state index contributed by atoms with van der Waals surface area (Å²) in [7, 11) is 0. The minimum Gasteiger partial charge on any atom is -0.460 e. The van der Waals surface area contributed by atoms with Crippen LogP contribution in [0.15, 0.2) is 0 Å². The second-order valence-corrected chi connectivity index (χ2v) is 7.93. The molecule has 0 unspecified atom stereocenters. The van der Waals surface area contributed by atoms with Gasteiger partial charge < -0.3 is 4.74 Å². The predicted molar refractivity (Wildman–Crippen MR) is 101 cm³/mol. The van der Waals surface area contributed by atoms with Gasteiger partial charge in [-0.15, -0.1) is 0 Å². The number of hydrogen-bond acceptors (Lipinski definition) is 2. The molecule has 0 heterocycles. The first-order valence-electron chi connectivity index (χ1n) is 10.2. The van der Waals surface area contributed by atoms with Crippen LogP contribution >= 0.6 is 0 Å². The van der Waals surface area contributed by atoms with Crippen molar-refractivity contribution < 1.29 is 9.53 Å². The van der Waals surface area contributed by atoms with Crippen molar-refractivity contribution in [2.75, 3.05) is 0 Å². The number of carbonyl (C=O) groups excluding carboxylic acids is 1. The van der Waals surface area contributed by atoms with Gasteiger partial charge in [-0.05, 0) is 27.2 Å². The lowest BCUT2D eigenvalue weighted by atomic mass is 10.0. The van der Waals surface area contributed by atoms with Crippen LogP contribution in [0.1, 0.15) is 124 Å². The minimum absolute atomic E-state index is 0.0450. The summed E-state index contributed by atoms with van der Waals surface area (Å²) in [5.74, 6) is -0.0450. The molecule has 0 rings (SSSR count). The zero-order chi connectivity index (χ0) is 17.4. The molecule has 0 radical (unpaired) electrons. The van der Waals surface area contributed by atoms with E-state index in [9.17, 15) is 4.79 Å². The van der Waals surface area contributed by atoms with Gasteiger partial charge in [0.05, 0.1) is 0 Å². The van der Waals surface area contributed by atoms with E-state index in [1.54, 1.807) is 0 Å². The molecular weight excluding hydrogens is 284 g/mol. The number of ether oxygens (including phenoxy) is 1. The smallest absolute Gasteiger partial charge is 0.306 e. The molecule has 0 spiro atoms. The van der Waals surface area contributed by atoms with Crippen LogP contribution in [-0.2, 0) is 9.53 Å². The van der Waals surface area contributed by atoms with Crippen LogP contribution in [-0.4, -0.2) is 11.6 Å². The van der Waals surface area contributed by atoms with Crippen molar-refractivity contribution >= 4 is 5.97 Å². The van der Waals surface area contributed by atoms with Crippen LogP contribution in [0.4, 0.5) is 0 Å². The molecule has 23 heavy (non-hydrogen) atoms. The number of rotatable bonds is 15. The lowest BCUT2D eigenvalue weighted by Gasteiger charge is -2.19. The Kier molecular flexibility index (Phi) is 14.7. The summed E-state index contributed by atoms with van der Waals surface area (Å²) in [5.41, 5.74) is -0.340. The summed E-state index contributed by atoms with van der Waals surface area (Å²) >= 11 is 0. The molecule has 0 aliphatic heterocycles. The van der Waals surface area contributed by atoms with Crippen LogP contribution in [0.25, 0.3) is 0 Å². The van der Waals surface area contributed by atoms with Crippen molar-refractivity contribution in [2.24, 2.45) is 0 Å². The van der Waals surface area contributed by atoms with E-state index >= 15 is 0 Å². The minimum atomic E-state index is -0.340. The summed E-state index contributed by atoms with van der Waals surface area (Å²) in [6.45, 7) is 8.06. The van der Waals surface area contributed by atoms with E-state index in [1.165, 1.54) is 77.0 Å². The second kappa shape index (κ2) is 15.0. The van der Waals surface area contributed by atoms with Crippen molar-refractivity contribution in [1.82, 2.24) is 0 Å². The third-order valence-electron chi connectivity index (χ3n) is 4.15. The van der Waals surface area contributed by atoms with E-state index in [2.05, 4.69) is 6.92 Å². The molecule has 0 N–H and O–H groups in total. The fraction of sp³-hybridized carbons (Fsp3) is 0.952. The number of hydrogen-bond donors (Lipinski definition) is 0. The standard InChI is InChI=1S/C21H42O2/c1-5-6-7-8-9-10-11-12-13-14-15-16-17-18-19-20(22)23-21(2,3)4/h5-19H2,1-4H3. The fourth-order valence-electron chi connectivity index (χ4n) is 2.86. The summed E-state index contributed by atoms with van der Waals surface area (Å²) < 4.78 is 5.31. The summed E-state index contributed by atoms with van der Waals surface area (Å²) in [6.07, 6.45) is 19.4. The van der Waals surface area contributed by atoms with Gasteiger partial charge in [-0.25, -0.2) is 0 Å².